The quantitative estimate of drug-likeness (QED) is 0.641. The third-order valence-electron chi connectivity index (χ3n) is 6.37. The molecule has 1 amide bonds. The topological polar surface area (TPSA) is 58.6 Å². The van der Waals surface area contributed by atoms with Crippen LogP contribution in [0, 0.1) is 19.3 Å². The van der Waals surface area contributed by atoms with Gasteiger partial charge in [0.05, 0.1) is 12.6 Å². The van der Waals surface area contributed by atoms with Gasteiger partial charge in [-0.25, -0.2) is 4.79 Å². The zero-order valence-corrected chi connectivity index (χ0v) is 17.6. The molecule has 0 fully saturated rings. The van der Waals surface area contributed by atoms with E-state index in [1.165, 1.54) is 16.7 Å². The highest BCUT2D eigenvalue weighted by Crippen LogP contribution is 2.51. The van der Waals surface area contributed by atoms with Gasteiger partial charge in [-0.15, -0.1) is 0 Å². The van der Waals surface area contributed by atoms with Crippen molar-refractivity contribution in [2.24, 2.45) is 5.41 Å². The monoisotopic (exact) mass is 381 g/mol. The molecular weight excluding hydrogens is 350 g/mol. The van der Waals surface area contributed by atoms with Gasteiger partial charge in [-0.1, -0.05) is 32.0 Å². The molecule has 4 heteroatoms. The largest absolute Gasteiger partial charge is 0.493 e. The Labute approximate surface area is 167 Å². The molecule has 0 saturated carbocycles. The first-order chi connectivity index (χ1) is 13.3. The van der Waals surface area contributed by atoms with E-state index in [9.17, 15) is 9.90 Å². The summed E-state index contributed by atoms with van der Waals surface area (Å²) in [6.45, 7) is 11.1. The maximum atomic E-state index is 11.4. The van der Waals surface area contributed by atoms with Crippen LogP contribution in [-0.2, 0) is 6.42 Å². The zero-order chi connectivity index (χ0) is 20.5. The van der Waals surface area contributed by atoms with Gasteiger partial charge in [0.25, 0.3) is 0 Å². The third-order valence-corrected chi connectivity index (χ3v) is 6.37. The fourth-order valence-corrected chi connectivity index (χ4v) is 4.78. The Morgan fingerprint density at radius 2 is 1.75 bits per heavy atom. The first kappa shape index (κ1) is 20.2. The lowest BCUT2D eigenvalue weighted by Crippen LogP contribution is -2.37. The van der Waals surface area contributed by atoms with Gasteiger partial charge in [0.1, 0.15) is 5.75 Å². The second-order valence-corrected chi connectivity index (χ2v) is 7.91. The van der Waals surface area contributed by atoms with Crippen molar-refractivity contribution < 1.29 is 14.6 Å². The maximum Gasteiger partial charge on any atom is 0.405 e. The molecule has 0 aliphatic heterocycles. The molecule has 0 heterocycles. The molecule has 150 valence electrons. The van der Waals surface area contributed by atoms with Crippen molar-refractivity contribution in [3.8, 4) is 16.9 Å². The Morgan fingerprint density at radius 1 is 1.11 bits per heavy atom. The molecule has 0 saturated heterocycles. The molecule has 1 aliphatic rings. The molecule has 1 unspecified atom stereocenters. The number of carbonyl (C=O) groups is 1. The lowest BCUT2D eigenvalue weighted by atomic mass is 9.76. The zero-order valence-electron chi connectivity index (χ0n) is 17.6. The predicted molar refractivity (Wildman–Crippen MR) is 113 cm³/mol. The smallest absolute Gasteiger partial charge is 0.405 e. The van der Waals surface area contributed by atoms with Crippen LogP contribution in [0.25, 0.3) is 11.1 Å². The van der Waals surface area contributed by atoms with Crippen LogP contribution >= 0.6 is 0 Å². The Morgan fingerprint density at radius 3 is 2.29 bits per heavy atom. The number of amides is 1. The lowest BCUT2D eigenvalue weighted by Gasteiger charge is -2.33. The average molecular weight is 382 g/mol. The van der Waals surface area contributed by atoms with E-state index in [1.54, 1.807) is 0 Å². The number of fused-ring (bicyclic) bond motifs is 1. The standard InChI is InChI=1S/C24H31NO3/c1-6-24(7-2)14-19-13-17(9-10-20(19)22(24)25-23(26)27)18-11-15(4)21(28-8-3)16(5)12-18/h9-13,22,25H,6-8,14H2,1-5H3,(H,26,27). The number of rotatable bonds is 6. The molecule has 3 rings (SSSR count). The van der Waals surface area contributed by atoms with Crippen LogP contribution in [0.3, 0.4) is 0 Å². The summed E-state index contributed by atoms with van der Waals surface area (Å²) in [5.74, 6) is 0.967. The van der Waals surface area contributed by atoms with Crippen LogP contribution in [0.15, 0.2) is 30.3 Å². The van der Waals surface area contributed by atoms with E-state index in [2.05, 4.69) is 63.3 Å². The van der Waals surface area contributed by atoms with Gasteiger partial charge >= 0.3 is 6.09 Å². The number of hydrogen-bond acceptors (Lipinski definition) is 2. The number of hydrogen-bond donors (Lipinski definition) is 2. The molecular formula is C24H31NO3. The molecule has 0 spiro atoms. The van der Waals surface area contributed by atoms with Gasteiger partial charge in [-0.3, -0.25) is 0 Å². The lowest BCUT2D eigenvalue weighted by molar-refractivity contribution is 0.157. The van der Waals surface area contributed by atoms with Gasteiger partial charge in [0.15, 0.2) is 0 Å². The summed E-state index contributed by atoms with van der Waals surface area (Å²) in [6, 6.07) is 10.7. The Balaban J connectivity index is 2.03. The summed E-state index contributed by atoms with van der Waals surface area (Å²) in [5.41, 5.74) is 6.95. The Bertz CT molecular complexity index is 860. The molecule has 28 heavy (non-hydrogen) atoms. The molecule has 2 aromatic carbocycles. The van der Waals surface area contributed by atoms with Gasteiger partial charge < -0.3 is 15.2 Å². The predicted octanol–water partition coefficient (Wildman–Crippen LogP) is 6.04. The van der Waals surface area contributed by atoms with Crippen molar-refractivity contribution in [2.75, 3.05) is 6.61 Å². The van der Waals surface area contributed by atoms with Gasteiger partial charge in [0.2, 0.25) is 0 Å². The second-order valence-electron chi connectivity index (χ2n) is 7.91. The molecule has 2 N–H and O–H groups in total. The number of nitrogens with one attached hydrogen (secondary N) is 1. The van der Waals surface area contributed by atoms with E-state index in [4.69, 9.17) is 4.74 Å². The number of aryl methyl sites for hydroxylation is 2. The van der Waals surface area contributed by atoms with E-state index >= 15 is 0 Å². The van der Waals surface area contributed by atoms with Crippen molar-refractivity contribution in [1.82, 2.24) is 5.32 Å². The van der Waals surface area contributed by atoms with Gasteiger partial charge in [-0.05, 0) is 91.0 Å². The average Bonchev–Trinajstić information content (AvgIpc) is 2.97. The normalized spacial score (nSPS) is 17.2. The highest BCUT2D eigenvalue weighted by molar-refractivity contribution is 5.70. The summed E-state index contributed by atoms with van der Waals surface area (Å²) >= 11 is 0. The fourth-order valence-electron chi connectivity index (χ4n) is 4.78. The summed E-state index contributed by atoms with van der Waals surface area (Å²) in [4.78, 5) is 11.4. The minimum atomic E-state index is -0.953. The highest BCUT2D eigenvalue weighted by Gasteiger charge is 2.44. The Kier molecular flexibility index (Phi) is 5.69. The molecule has 2 aromatic rings. The molecule has 0 aromatic heterocycles. The van der Waals surface area contributed by atoms with Crippen molar-refractivity contribution in [3.63, 3.8) is 0 Å². The van der Waals surface area contributed by atoms with Crippen molar-refractivity contribution in [1.29, 1.82) is 0 Å². The molecule has 1 aliphatic carbocycles. The van der Waals surface area contributed by atoms with E-state index in [-0.39, 0.29) is 11.5 Å². The first-order valence-electron chi connectivity index (χ1n) is 10.2. The molecule has 0 bridgehead atoms. The van der Waals surface area contributed by atoms with Crippen LogP contribution < -0.4 is 10.1 Å². The molecule has 1 atom stereocenters. The van der Waals surface area contributed by atoms with E-state index < -0.39 is 6.09 Å². The van der Waals surface area contributed by atoms with E-state index in [0.29, 0.717) is 6.61 Å². The summed E-state index contributed by atoms with van der Waals surface area (Å²) < 4.78 is 5.78. The van der Waals surface area contributed by atoms with Gasteiger partial charge in [0, 0.05) is 0 Å². The first-order valence-corrected chi connectivity index (χ1v) is 10.2. The van der Waals surface area contributed by atoms with Crippen LogP contribution in [0.2, 0.25) is 0 Å². The maximum absolute atomic E-state index is 11.4. The SMILES string of the molecule is CCOc1c(C)cc(-c2ccc3c(c2)CC(CC)(CC)C3NC(=O)O)cc1C. The van der Waals surface area contributed by atoms with Crippen molar-refractivity contribution in [3.05, 3.63) is 52.6 Å². The van der Waals surface area contributed by atoms with Gasteiger partial charge in [-0.2, -0.15) is 0 Å². The van der Waals surface area contributed by atoms with Crippen LogP contribution in [0.1, 0.15) is 61.9 Å². The van der Waals surface area contributed by atoms with Crippen molar-refractivity contribution in [2.45, 2.75) is 59.9 Å². The minimum absolute atomic E-state index is 0.0516. The van der Waals surface area contributed by atoms with Crippen LogP contribution in [0.4, 0.5) is 4.79 Å². The summed E-state index contributed by atoms with van der Waals surface area (Å²) in [7, 11) is 0. The minimum Gasteiger partial charge on any atom is -0.493 e. The molecule has 4 nitrogen and oxygen atoms in total. The van der Waals surface area contributed by atoms with Crippen molar-refractivity contribution >= 4 is 6.09 Å². The van der Waals surface area contributed by atoms with E-state index in [0.717, 1.165) is 41.7 Å². The number of benzene rings is 2. The second kappa shape index (κ2) is 7.86. The Hall–Kier alpha value is -2.49. The van der Waals surface area contributed by atoms with Crippen LogP contribution in [-0.4, -0.2) is 17.8 Å². The molecule has 0 radical (unpaired) electrons. The summed E-state index contributed by atoms with van der Waals surface area (Å²) in [5, 5.41) is 12.2. The number of carboxylic acid groups (broad SMARTS) is 1. The summed E-state index contributed by atoms with van der Waals surface area (Å²) in [6.07, 6.45) is 1.84. The number of ether oxygens (including phenoxy) is 1. The fraction of sp³-hybridized carbons (Fsp3) is 0.458. The highest BCUT2D eigenvalue weighted by atomic mass is 16.5. The van der Waals surface area contributed by atoms with E-state index in [1.807, 2.05) is 6.92 Å². The third kappa shape index (κ3) is 3.48. The van der Waals surface area contributed by atoms with Crippen LogP contribution in [0.5, 0.6) is 5.75 Å².